The molecule has 0 aliphatic rings. The molecule has 1 atom stereocenters. The Kier molecular flexibility index (Phi) is 4.61. The van der Waals surface area contributed by atoms with Gasteiger partial charge in [-0.25, -0.2) is 0 Å². The number of carboxylic acids is 1. The fourth-order valence-electron chi connectivity index (χ4n) is 1.90. The predicted molar refractivity (Wildman–Crippen MR) is 77.1 cm³/mol. The number of rotatable bonds is 5. The third kappa shape index (κ3) is 4.10. The van der Waals surface area contributed by atoms with Gasteiger partial charge in [-0.3, -0.25) is 9.59 Å². The number of carboxylic acid groups (broad SMARTS) is 1. The number of carbonyl (C=O) groups is 2. The molecule has 0 spiro atoms. The summed E-state index contributed by atoms with van der Waals surface area (Å²) >= 11 is 0. The van der Waals surface area contributed by atoms with Gasteiger partial charge >= 0.3 is 5.97 Å². The van der Waals surface area contributed by atoms with Crippen molar-refractivity contribution < 1.29 is 14.7 Å². The quantitative estimate of drug-likeness (QED) is 0.879. The lowest BCUT2D eigenvalue weighted by molar-refractivity contribution is -0.137. The number of aliphatic carboxylic acids is 1. The van der Waals surface area contributed by atoms with E-state index in [0.29, 0.717) is 11.3 Å². The Morgan fingerprint density at radius 2 is 1.90 bits per heavy atom. The molecule has 2 aromatic rings. The monoisotopic (exact) mass is 285 g/mol. The lowest BCUT2D eigenvalue weighted by Crippen LogP contribution is -2.12. The van der Waals surface area contributed by atoms with Gasteiger partial charge in [0.1, 0.15) is 0 Å². The van der Waals surface area contributed by atoms with Crippen molar-refractivity contribution in [2.24, 2.45) is 0 Å². The van der Waals surface area contributed by atoms with Gasteiger partial charge < -0.3 is 10.4 Å². The Bertz CT molecular complexity index is 626. The summed E-state index contributed by atoms with van der Waals surface area (Å²) in [7, 11) is 0. The van der Waals surface area contributed by atoms with E-state index in [2.05, 4.69) is 15.5 Å². The molecule has 1 amide bonds. The van der Waals surface area contributed by atoms with Gasteiger partial charge in [0.15, 0.2) is 0 Å². The van der Waals surface area contributed by atoms with Crippen molar-refractivity contribution in [1.29, 1.82) is 0 Å². The molecule has 0 aliphatic heterocycles. The highest BCUT2D eigenvalue weighted by atomic mass is 16.4. The van der Waals surface area contributed by atoms with Gasteiger partial charge in [0.25, 0.3) is 5.91 Å². The first-order chi connectivity index (χ1) is 10.1. The van der Waals surface area contributed by atoms with Crippen LogP contribution in [0.4, 0.5) is 5.69 Å². The van der Waals surface area contributed by atoms with Crippen LogP contribution in [0.2, 0.25) is 0 Å². The van der Waals surface area contributed by atoms with Crippen LogP contribution in [0, 0.1) is 0 Å². The maximum absolute atomic E-state index is 11.9. The molecule has 1 heterocycles. The number of anilines is 1. The van der Waals surface area contributed by atoms with Crippen LogP contribution in [0.3, 0.4) is 0 Å². The molecule has 0 saturated heterocycles. The van der Waals surface area contributed by atoms with E-state index in [-0.39, 0.29) is 18.2 Å². The minimum atomic E-state index is -0.829. The van der Waals surface area contributed by atoms with E-state index in [4.69, 9.17) is 5.11 Å². The molecule has 1 aromatic carbocycles. The second-order valence-corrected chi connectivity index (χ2v) is 4.71. The zero-order chi connectivity index (χ0) is 15.2. The van der Waals surface area contributed by atoms with Gasteiger partial charge in [-0.05, 0) is 29.7 Å². The van der Waals surface area contributed by atoms with Crippen molar-refractivity contribution in [2.75, 3.05) is 5.32 Å². The van der Waals surface area contributed by atoms with E-state index in [1.54, 1.807) is 18.2 Å². The Morgan fingerprint density at radius 1 is 1.19 bits per heavy atom. The summed E-state index contributed by atoms with van der Waals surface area (Å²) in [4.78, 5) is 22.6. The molecule has 0 radical (unpaired) electrons. The Hall–Kier alpha value is -2.76. The van der Waals surface area contributed by atoms with Crippen molar-refractivity contribution in [3.8, 4) is 0 Å². The zero-order valence-electron chi connectivity index (χ0n) is 11.5. The van der Waals surface area contributed by atoms with Crippen LogP contribution in [0.1, 0.15) is 35.2 Å². The fourth-order valence-corrected chi connectivity index (χ4v) is 1.90. The summed E-state index contributed by atoms with van der Waals surface area (Å²) in [6.07, 6.45) is 2.92. The first-order valence-corrected chi connectivity index (χ1v) is 6.46. The lowest BCUT2D eigenvalue weighted by atomic mass is 9.98. The first kappa shape index (κ1) is 14.6. The summed E-state index contributed by atoms with van der Waals surface area (Å²) in [6, 6.07) is 8.70. The SMILES string of the molecule is CC(CC(=O)O)c1ccc(NC(=O)c2ccnnc2)cc1. The maximum Gasteiger partial charge on any atom is 0.303 e. The summed E-state index contributed by atoms with van der Waals surface area (Å²) in [5.41, 5.74) is 1.98. The molecule has 2 N–H and O–H groups in total. The smallest absolute Gasteiger partial charge is 0.303 e. The van der Waals surface area contributed by atoms with Crippen molar-refractivity contribution in [1.82, 2.24) is 10.2 Å². The number of amides is 1. The van der Waals surface area contributed by atoms with Crippen molar-refractivity contribution >= 4 is 17.6 Å². The number of hydrogen-bond acceptors (Lipinski definition) is 4. The predicted octanol–water partition coefficient (Wildman–Crippen LogP) is 2.31. The Balaban J connectivity index is 2.03. The minimum absolute atomic E-state index is 0.0725. The van der Waals surface area contributed by atoms with E-state index < -0.39 is 5.97 Å². The second kappa shape index (κ2) is 6.60. The molecule has 0 bridgehead atoms. The van der Waals surface area contributed by atoms with Crippen LogP contribution in [-0.4, -0.2) is 27.2 Å². The van der Waals surface area contributed by atoms with Crippen LogP contribution in [0.5, 0.6) is 0 Å². The Labute approximate surface area is 121 Å². The summed E-state index contributed by atoms with van der Waals surface area (Å²) < 4.78 is 0. The van der Waals surface area contributed by atoms with Crippen LogP contribution >= 0.6 is 0 Å². The van der Waals surface area contributed by atoms with E-state index in [1.165, 1.54) is 12.4 Å². The van der Waals surface area contributed by atoms with Crippen LogP contribution in [0.15, 0.2) is 42.7 Å². The summed E-state index contributed by atoms with van der Waals surface area (Å²) in [6.45, 7) is 1.85. The van der Waals surface area contributed by atoms with Crippen molar-refractivity contribution in [3.63, 3.8) is 0 Å². The topological polar surface area (TPSA) is 92.2 Å². The van der Waals surface area contributed by atoms with Crippen molar-refractivity contribution in [2.45, 2.75) is 19.3 Å². The fraction of sp³-hybridized carbons (Fsp3) is 0.200. The average molecular weight is 285 g/mol. The van der Waals surface area contributed by atoms with Gasteiger partial charge in [-0.1, -0.05) is 19.1 Å². The summed E-state index contributed by atoms with van der Waals surface area (Å²) in [5, 5.41) is 18.8. The number of hydrogen-bond donors (Lipinski definition) is 2. The lowest BCUT2D eigenvalue weighted by Gasteiger charge is -2.10. The van der Waals surface area contributed by atoms with Gasteiger partial charge in [0.05, 0.1) is 24.4 Å². The first-order valence-electron chi connectivity index (χ1n) is 6.46. The molecule has 0 aliphatic carbocycles. The van der Waals surface area contributed by atoms with E-state index in [9.17, 15) is 9.59 Å². The zero-order valence-corrected chi connectivity index (χ0v) is 11.5. The maximum atomic E-state index is 11.9. The van der Waals surface area contributed by atoms with Crippen molar-refractivity contribution in [3.05, 3.63) is 53.9 Å². The highest BCUT2D eigenvalue weighted by Crippen LogP contribution is 2.21. The molecular formula is C15H15N3O3. The van der Waals surface area contributed by atoms with E-state index in [1.807, 2.05) is 19.1 Å². The molecule has 108 valence electrons. The highest BCUT2D eigenvalue weighted by molar-refractivity contribution is 6.03. The van der Waals surface area contributed by atoms with Crippen LogP contribution < -0.4 is 5.32 Å². The molecule has 1 unspecified atom stereocenters. The van der Waals surface area contributed by atoms with E-state index >= 15 is 0 Å². The number of nitrogens with one attached hydrogen (secondary N) is 1. The van der Waals surface area contributed by atoms with Crippen LogP contribution in [0.25, 0.3) is 0 Å². The van der Waals surface area contributed by atoms with Gasteiger partial charge in [-0.2, -0.15) is 10.2 Å². The van der Waals surface area contributed by atoms with Gasteiger partial charge in [0, 0.05) is 5.69 Å². The largest absolute Gasteiger partial charge is 0.481 e. The highest BCUT2D eigenvalue weighted by Gasteiger charge is 2.11. The van der Waals surface area contributed by atoms with Gasteiger partial charge in [0.2, 0.25) is 0 Å². The third-order valence-corrected chi connectivity index (χ3v) is 3.06. The molecule has 0 fully saturated rings. The molecular weight excluding hydrogens is 270 g/mol. The molecule has 2 rings (SSSR count). The number of benzene rings is 1. The number of carbonyl (C=O) groups excluding carboxylic acids is 1. The molecule has 0 saturated carbocycles. The molecule has 6 nitrogen and oxygen atoms in total. The minimum Gasteiger partial charge on any atom is -0.481 e. The number of aromatic nitrogens is 2. The summed E-state index contributed by atoms with van der Waals surface area (Å²) in [5.74, 6) is -1.17. The standard InChI is InChI=1S/C15H15N3O3/c1-10(8-14(19)20)11-2-4-13(5-3-11)18-15(21)12-6-7-16-17-9-12/h2-7,9-10H,8H2,1H3,(H,18,21)(H,19,20). The average Bonchev–Trinajstić information content (AvgIpc) is 2.48. The van der Waals surface area contributed by atoms with Gasteiger partial charge in [-0.15, -0.1) is 0 Å². The van der Waals surface area contributed by atoms with Crippen LogP contribution in [-0.2, 0) is 4.79 Å². The molecule has 21 heavy (non-hydrogen) atoms. The second-order valence-electron chi connectivity index (χ2n) is 4.71. The third-order valence-electron chi connectivity index (χ3n) is 3.06. The number of nitrogens with zero attached hydrogens (tertiary/aromatic N) is 2. The van der Waals surface area contributed by atoms with E-state index in [0.717, 1.165) is 5.56 Å². The molecule has 6 heteroatoms. The normalized spacial score (nSPS) is 11.7. The molecule has 1 aromatic heterocycles. The Morgan fingerprint density at radius 3 is 2.48 bits per heavy atom.